The van der Waals surface area contributed by atoms with Crippen LogP contribution in [0.4, 0.5) is 4.39 Å². The van der Waals surface area contributed by atoms with E-state index in [1.807, 2.05) is 6.92 Å². The van der Waals surface area contributed by atoms with Crippen LogP contribution in [0.3, 0.4) is 0 Å². The van der Waals surface area contributed by atoms with Gasteiger partial charge in [-0.2, -0.15) is 4.98 Å². The molecule has 1 aromatic heterocycles. The van der Waals surface area contributed by atoms with E-state index in [1.54, 1.807) is 19.1 Å². The van der Waals surface area contributed by atoms with Crippen LogP contribution < -0.4 is 4.74 Å². The normalized spacial score (nSPS) is 10.6. The Bertz CT molecular complexity index is 525. The molecule has 18 heavy (non-hydrogen) atoms. The summed E-state index contributed by atoms with van der Waals surface area (Å²) in [6.45, 7) is 3.90. The van der Waals surface area contributed by atoms with Crippen molar-refractivity contribution in [3.63, 3.8) is 0 Å². The van der Waals surface area contributed by atoms with Crippen LogP contribution in [0.1, 0.15) is 30.6 Å². The van der Waals surface area contributed by atoms with E-state index >= 15 is 0 Å². The number of hydrogen-bond donors (Lipinski definition) is 0. The van der Waals surface area contributed by atoms with E-state index in [2.05, 4.69) is 10.1 Å². The van der Waals surface area contributed by atoms with Gasteiger partial charge in [-0.1, -0.05) is 18.1 Å². The molecule has 0 bridgehead atoms. The maximum atomic E-state index is 13.3. The van der Waals surface area contributed by atoms with Gasteiger partial charge in [0, 0.05) is 12.5 Å². The van der Waals surface area contributed by atoms with Crippen LogP contribution in [0.2, 0.25) is 0 Å². The van der Waals surface area contributed by atoms with Crippen molar-refractivity contribution in [2.45, 2.75) is 33.3 Å². The standard InChI is InChI=1S/C13H15FN2O2/c1-3-4-12-15-13(18-16-12)8-17-10-6-5-9(2)11(14)7-10/h5-7H,3-4,8H2,1-2H3. The number of rotatable bonds is 5. The van der Waals surface area contributed by atoms with Crippen LogP contribution in [0.15, 0.2) is 22.7 Å². The third-order valence-corrected chi connectivity index (χ3v) is 2.49. The van der Waals surface area contributed by atoms with Gasteiger partial charge in [-0.15, -0.1) is 0 Å². The molecule has 1 heterocycles. The van der Waals surface area contributed by atoms with Crippen molar-refractivity contribution in [1.82, 2.24) is 10.1 Å². The van der Waals surface area contributed by atoms with Crippen molar-refractivity contribution >= 4 is 0 Å². The van der Waals surface area contributed by atoms with Crippen LogP contribution in [0, 0.1) is 12.7 Å². The molecule has 0 N–H and O–H groups in total. The zero-order valence-electron chi connectivity index (χ0n) is 10.4. The molecule has 0 spiro atoms. The summed E-state index contributed by atoms with van der Waals surface area (Å²) < 4.78 is 23.7. The number of aryl methyl sites for hydroxylation is 2. The summed E-state index contributed by atoms with van der Waals surface area (Å²) in [4.78, 5) is 4.16. The molecule has 0 fully saturated rings. The summed E-state index contributed by atoms with van der Waals surface area (Å²) in [5, 5.41) is 3.81. The van der Waals surface area contributed by atoms with Gasteiger partial charge in [0.25, 0.3) is 5.89 Å². The molecule has 0 saturated carbocycles. The summed E-state index contributed by atoms with van der Waals surface area (Å²) >= 11 is 0. The van der Waals surface area contributed by atoms with E-state index in [0.29, 0.717) is 23.0 Å². The zero-order valence-corrected chi connectivity index (χ0v) is 10.4. The average molecular weight is 250 g/mol. The fourth-order valence-electron chi connectivity index (χ4n) is 1.48. The fourth-order valence-corrected chi connectivity index (χ4v) is 1.48. The number of hydrogen-bond acceptors (Lipinski definition) is 4. The average Bonchev–Trinajstić information content (AvgIpc) is 2.79. The second-order valence-corrected chi connectivity index (χ2v) is 4.05. The summed E-state index contributed by atoms with van der Waals surface area (Å²) in [7, 11) is 0. The molecule has 0 amide bonds. The minimum absolute atomic E-state index is 0.152. The van der Waals surface area contributed by atoms with E-state index in [4.69, 9.17) is 9.26 Å². The lowest BCUT2D eigenvalue weighted by Gasteiger charge is -2.04. The highest BCUT2D eigenvalue weighted by Crippen LogP contribution is 2.17. The van der Waals surface area contributed by atoms with E-state index in [0.717, 1.165) is 12.8 Å². The Morgan fingerprint density at radius 2 is 2.22 bits per heavy atom. The number of ether oxygens (including phenoxy) is 1. The first-order valence-electron chi connectivity index (χ1n) is 5.89. The highest BCUT2D eigenvalue weighted by Gasteiger charge is 2.07. The van der Waals surface area contributed by atoms with Crippen LogP contribution in [-0.4, -0.2) is 10.1 Å². The molecule has 1 aromatic carbocycles. The number of halogens is 1. The molecule has 2 aromatic rings. The maximum Gasteiger partial charge on any atom is 0.264 e. The zero-order chi connectivity index (χ0) is 13.0. The second kappa shape index (κ2) is 5.62. The molecule has 0 saturated heterocycles. The predicted octanol–water partition coefficient (Wildman–Crippen LogP) is 3.05. The number of nitrogens with zero attached hydrogens (tertiary/aromatic N) is 2. The van der Waals surface area contributed by atoms with Crippen molar-refractivity contribution in [3.05, 3.63) is 41.3 Å². The number of aromatic nitrogens is 2. The van der Waals surface area contributed by atoms with Gasteiger partial charge in [0.05, 0.1) is 0 Å². The molecule has 0 radical (unpaired) electrons. The molecular formula is C13H15FN2O2. The Labute approximate surface area is 105 Å². The minimum atomic E-state index is -0.287. The number of benzene rings is 1. The molecule has 0 unspecified atom stereocenters. The lowest BCUT2D eigenvalue weighted by atomic mass is 10.2. The van der Waals surface area contributed by atoms with Gasteiger partial charge in [0.2, 0.25) is 0 Å². The van der Waals surface area contributed by atoms with E-state index in [1.165, 1.54) is 6.07 Å². The Morgan fingerprint density at radius 1 is 1.39 bits per heavy atom. The van der Waals surface area contributed by atoms with Crippen LogP contribution in [0.5, 0.6) is 5.75 Å². The minimum Gasteiger partial charge on any atom is -0.484 e. The van der Waals surface area contributed by atoms with E-state index < -0.39 is 0 Å². The Balaban J connectivity index is 1.95. The molecule has 5 heteroatoms. The highest BCUT2D eigenvalue weighted by molar-refractivity contribution is 5.27. The van der Waals surface area contributed by atoms with Crippen molar-refractivity contribution in [2.75, 3.05) is 0 Å². The largest absolute Gasteiger partial charge is 0.484 e. The molecule has 0 aliphatic heterocycles. The third-order valence-electron chi connectivity index (χ3n) is 2.49. The SMILES string of the molecule is CCCc1noc(COc2ccc(C)c(F)c2)n1. The van der Waals surface area contributed by atoms with Gasteiger partial charge in [-0.25, -0.2) is 4.39 Å². The first-order chi connectivity index (χ1) is 8.69. The summed E-state index contributed by atoms with van der Waals surface area (Å²) in [5.41, 5.74) is 0.588. The molecule has 0 atom stereocenters. The van der Waals surface area contributed by atoms with Gasteiger partial charge in [-0.3, -0.25) is 0 Å². The van der Waals surface area contributed by atoms with Gasteiger partial charge in [0.1, 0.15) is 11.6 Å². The summed E-state index contributed by atoms with van der Waals surface area (Å²) in [5.74, 6) is 1.24. The Hall–Kier alpha value is -1.91. The fraction of sp³-hybridized carbons (Fsp3) is 0.385. The maximum absolute atomic E-state index is 13.3. The van der Waals surface area contributed by atoms with Gasteiger partial charge in [0.15, 0.2) is 12.4 Å². The Morgan fingerprint density at radius 3 is 2.94 bits per heavy atom. The Kier molecular flexibility index (Phi) is 3.92. The predicted molar refractivity (Wildman–Crippen MR) is 63.8 cm³/mol. The van der Waals surface area contributed by atoms with Crippen molar-refractivity contribution in [3.8, 4) is 5.75 Å². The quantitative estimate of drug-likeness (QED) is 0.818. The molecular weight excluding hydrogens is 235 g/mol. The first kappa shape index (κ1) is 12.5. The highest BCUT2D eigenvalue weighted by atomic mass is 19.1. The smallest absolute Gasteiger partial charge is 0.264 e. The van der Waals surface area contributed by atoms with Crippen LogP contribution >= 0.6 is 0 Å². The van der Waals surface area contributed by atoms with E-state index in [9.17, 15) is 4.39 Å². The summed E-state index contributed by atoms with van der Waals surface area (Å²) in [6.07, 6.45) is 1.74. The van der Waals surface area contributed by atoms with E-state index in [-0.39, 0.29) is 12.4 Å². The summed E-state index contributed by atoms with van der Waals surface area (Å²) in [6, 6.07) is 4.72. The van der Waals surface area contributed by atoms with Gasteiger partial charge >= 0.3 is 0 Å². The monoisotopic (exact) mass is 250 g/mol. The van der Waals surface area contributed by atoms with Gasteiger partial charge in [-0.05, 0) is 25.0 Å². The van der Waals surface area contributed by atoms with Crippen LogP contribution in [0.25, 0.3) is 0 Å². The third kappa shape index (κ3) is 3.06. The molecule has 4 nitrogen and oxygen atoms in total. The molecule has 0 aliphatic carbocycles. The first-order valence-corrected chi connectivity index (χ1v) is 5.89. The topological polar surface area (TPSA) is 48.2 Å². The molecule has 96 valence electrons. The van der Waals surface area contributed by atoms with Crippen molar-refractivity contribution in [1.29, 1.82) is 0 Å². The molecule has 0 aliphatic rings. The van der Waals surface area contributed by atoms with Crippen molar-refractivity contribution in [2.24, 2.45) is 0 Å². The lowest BCUT2D eigenvalue weighted by molar-refractivity contribution is 0.241. The van der Waals surface area contributed by atoms with Crippen LogP contribution in [-0.2, 0) is 13.0 Å². The second-order valence-electron chi connectivity index (χ2n) is 4.05. The lowest BCUT2D eigenvalue weighted by Crippen LogP contribution is -1.97. The van der Waals surface area contributed by atoms with Gasteiger partial charge < -0.3 is 9.26 Å². The van der Waals surface area contributed by atoms with Crippen molar-refractivity contribution < 1.29 is 13.7 Å². The molecule has 2 rings (SSSR count).